The highest BCUT2D eigenvalue weighted by molar-refractivity contribution is 7.92. The first kappa shape index (κ1) is 34.4. The molecule has 2 unspecified atom stereocenters. The highest BCUT2D eigenvalue weighted by Gasteiger charge is 2.29. The quantitative estimate of drug-likeness (QED) is 0.229. The van der Waals surface area contributed by atoms with E-state index in [4.69, 9.17) is 28.7 Å². The fourth-order valence-electron chi connectivity index (χ4n) is 5.61. The molecule has 262 valence electrons. The molecule has 0 aliphatic carbocycles. The van der Waals surface area contributed by atoms with Crippen molar-refractivity contribution in [3.63, 3.8) is 0 Å². The van der Waals surface area contributed by atoms with E-state index in [9.17, 15) is 17.6 Å². The van der Waals surface area contributed by atoms with Gasteiger partial charge in [0.1, 0.15) is 40.5 Å². The average Bonchev–Trinajstić information content (AvgIpc) is 3.51. The summed E-state index contributed by atoms with van der Waals surface area (Å²) in [5, 5.41) is 5.30. The number of carbonyl (C=O) groups excluding carboxylic acids is 1. The number of ether oxygens (including phenoxy) is 5. The zero-order valence-corrected chi connectivity index (χ0v) is 28.7. The van der Waals surface area contributed by atoms with Crippen LogP contribution in [0.5, 0.6) is 11.5 Å². The molecule has 0 spiro atoms. The van der Waals surface area contributed by atoms with Gasteiger partial charge >= 0.3 is 6.09 Å². The first-order valence-corrected chi connectivity index (χ1v) is 17.6. The third-order valence-corrected chi connectivity index (χ3v) is 9.43. The summed E-state index contributed by atoms with van der Waals surface area (Å²) in [4.78, 5) is 18.7. The Morgan fingerprint density at radius 3 is 2.59 bits per heavy atom. The maximum atomic E-state index is 14.4. The summed E-state index contributed by atoms with van der Waals surface area (Å²) in [5.41, 5.74) is 1.41. The summed E-state index contributed by atoms with van der Waals surface area (Å²) in [5.74, 6) is -0.173. The second-order valence-corrected chi connectivity index (χ2v) is 14.5. The van der Waals surface area contributed by atoms with Gasteiger partial charge in [-0.2, -0.15) is 5.10 Å². The van der Waals surface area contributed by atoms with Crippen LogP contribution < -0.4 is 14.2 Å². The monoisotopic (exact) mass is 697 g/mol. The van der Waals surface area contributed by atoms with Crippen molar-refractivity contribution in [3.8, 4) is 22.8 Å². The molecule has 1 N–H and O–H groups in total. The van der Waals surface area contributed by atoms with Gasteiger partial charge in [0.15, 0.2) is 11.9 Å². The Labute approximate surface area is 284 Å². The molecule has 2 fully saturated rings. The number of hydrogen-bond donors (Lipinski definition) is 1. The van der Waals surface area contributed by atoms with E-state index in [2.05, 4.69) is 9.82 Å². The number of pyridine rings is 1. The van der Waals surface area contributed by atoms with Crippen LogP contribution in [0.3, 0.4) is 0 Å². The second-order valence-electron chi connectivity index (χ2n) is 12.9. The summed E-state index contributed by atoms with van der Waals surface area (Å²) in [6.45, 7) is 7.34. The van der Waals surface area contributed by atoms with Crippen molar-refractivity contribution >= 4 is 32.8 Å². The predicted octanol–water partition coefficient (Wildman–Crippen LogP) is 5.76. The van der Waals surface area contributed by atoms with E-state index in [1.165, 1.54) is 13.2 Å². The highest BCUT2D eigenvalue weighted by Crippen LogP contribution is 2.34. The van der Waals surface area contributed by atoms with Crippen LogP contribution in [0.2, 0.25) is 0 Å². The fraction of sp³-hybridized carbons (Fsp3) is 0.441. The number of amides is 1. The maximum absolute atomic E-state index is 14.4. The molecular weight excluding hydrogens is 657 g/mol. The molecule has 2 aromatic carbocycles. The Balaban J connectivity index is 1.26. The molecule has 0 saturated carbocycles. The van der Waals surface area contributed by atoms with E-state index in [1.54, 1.807) is 46.1 Å². The molecular formula is C34H40FN5O8S. The molecule has 6 rings (SSSR count). The number of aromatic nitrogens is 3. The Hall–Kier alpha value is -4.47. The van der Waals surface area contributed by atoms with Crippen LogP contribution >= 0.6 is 0 Å². The number of carbonyl (C=O) groups is 1. The lowest BCUT2D eigenvalue weighted by molar-refractivity contribution is -0.0555. The highest BCUT2D eigenvalue weighted by atomic mass is 32.2. The van der Waals surface area contributed by atoms with Gasteiger partial charge in [-0.15, -0.1) is 0 Å². The number of sulfonamides is 1. The fourth-order valence-corrected chi connectivity index (χ4v) is 6.77. The molecule has 2 aromatic heterocycles. The zero-order valence-electron chi connectivity index (χ0n) is 27.8. The smallest absolute Gasteiger partial charge is 0.410 e. The number of fused-ring (bicyclic) bond motifs is 1. The number of rotatable bonds is 9. The summed E-state index contributed by atoms with van der Waals surface area (Å²) in [6.07, 6.45) is 3.39. The standard InChI is InChI=1S/C34H40FN5O8S/c1-34(2,3)48-33(41)39-14-16-45-25(20-39)21-47-29-18-28(37-32-26(29)19-36-40(32)31-7-5-6-15-46-31)22-8-10-23(11-9-22)38-49(42,43)30-17-24(44-4)12-13-27(30)35/h8-13,17-19,25,31,38H,5-7,14-16,20-21H2,1-4H3. The average molecular weight is 698 g/mol. The third kappa shape index (κ3) is 8.06. The maximum Gasteiger partial charge on any atom is 0.410 e. The Morgan fingerprint density at radius 2 is 1.88 bits per heavy atom. The number of anilines is 1. The number of methoxy groups -OCH3 is 1. The molecule has 1 amide bonds. The van der Waals surface area contributed by atoms with Crippen LogP contribution in [-0.2, 0) is 24.2 Å². The van der Waals surface area contributed by atoms with Crippen LogP contribution in [0, 0.1) is 5.82 Å². The molecule has 49 heavy (non-hydrogen) atoms. The normalized spacial score (nSPS) is 18.7. The summed E-state index contributed by atoms with van der Waals surface area (Å²) in [6, 6.07) is 11.8. The first-order chi connectivity index (χ1) is 23.4. The van der Waals surface area contributed by atoms with Crippen molar-refractivity contribution in [2.75, 3.05) is 44.7 Å². The number of nitrogens with one attached hydrogen (secondary N) is 1. The largest absolute Gasteiger partial charge is 0.497 e. The van der Waals surface area contributed by atoms with Crippen LogP contribution in [0.15, 0.2) is 59.6 Å². The van der Waals surface area contributed by atoms with E-state index < -0.39 is 38.5 Å². The molecule has 2 aliphatic rings. The van der Waals surface area contributed by atoms with Gasteiger partial charge in [-0.3, -0.25) is 4.72 Å². The first-order valence-electron chi connectivity index (χ1n) is 16.1. The molecule has 0 bridgehead atoms. The van der Waals surface area contributed by atoms with Crippen LogP contribution in [0.25, 0.3) is 22.3 Å². The molecule has 0 radical (unpaired) electrons. The van der Waals surface area contributed by atoms with E-state index in [-0.39, 0.29) is 24.3 Å². The Morgan fingerprint density at radius 1 is 1.08 bits per heavy atom. The van der Waals surface area contributed by atoms with Gasteiger partial charge in [0, 0.05) is 36.5 Å². The number of nitrogens with zero attached hydrogens (tertiary/aromatic N) is 4. The Bertz CT molecular complexity index is 1910. The van der Waals surface area contributed by atoms with Crippen molar-refractivity contribution in [1.82, 2.24) is 19.7 Å². The van der Waals surface area contributed by atoms with Crippen molar-refractivity contribution in [1.29, 1.82) is 0 Å². The second kappa shape index (κ2) is 14.2. The number of hydrogen-bond acceptors (Lipinski definition) is 10. The van der Waals surface area contributed by atoms with Gasteiger partial charge in [-0.25, -0.2) is 27.3 Å². The van der Waals surface area contributed by atoms with E-state index in [1.807, 2.05) is 20.8 Å². The molecule has 15 heteroatoms. The van der Waals surface area contributed by atoms with E-state index in [0.717, 1.165) is 31.4 Å². The lowest BCUT2D eigenvalue weighted by atomic mass is 10.1. The van der Waals surface area contributed by atoms with Crippen molar-refractivity contribution < 1.29 is 41.3 Å². The zero-order chi connectivity index (χ0) is 34.8. The molecule has 2 saturated heterocycles. The van der Waals surface area contributed by atoms with E-state index >= 15 is 0 Å². The van der Waals surface area contributed by atoms with Gasteiger partial charge in [0.2, 0.25) is 0 Å². The SMILES string of the molecule is COc1ccc(F)c(S(=O)(=O)Nc2ccc(-c3cc(OCC4CN(C(=O)OC(C)(C)C)CCO4)c4cnn(C5CCCCO5)c4n3)cc2)c1. The lowest BCUT2D eigenvalue weighted by Crippen LogP contribution is -2.49. The molecule has 4 aromatic rings. The predicted molar refractivity (Wildman–Crippen MR) is 179 cm³/mol. The van der Waals surface area contributed by atoms with Crippen LogP contribution in [-0.4, -0.2) is 85.9 Å². The summed E-state index contributed by atoms with van der Waals surface area (Å²) in [7, 11) is -2.88. The van der Waals surface area contributed by atoms with E-state index in [0.29, 0.717) is 54.3 Å². The molecule has 2 aliphatic heterocycles. The molecule has 13 nitrogen and oxygen atoms in total. The number of benzene rings is 2. The third-order valence-electron chi connectivity index (χ3n) is 8.03. The van der Waals surface area contributed by atoms with Gasteiger partial charge in [0.05, 0.1) is 37.5 Å². The Kier molecular flexibility index (Phi) is 9.95. The van der Waals surface area contributed by atoms with Crippen molar-refractivity contribution in [3.05, 3.63) is 60.5 Å². The van der Waals surface area contributed by atoms with Crippen LogP contribution in [0.1, 0.15) is 46.3 Å². The molecule has 2 atom stereocenters. The summed E-state index contributed by atoms with van der Waals surface area (Å²) >= 11 is 0. The number of morpholine rings is 1. The van der Waals surface area contributed by atoms with Gasteiger partial charge in [-0.05, 0) is 64.3 Å². The number of halogens is 1. The summed E-state index contributed by atoms with van der Waals surface area (Å²) < 4.78 is 73.6. The molecule has 4 heterocycles. The minimum atomic E-state index is -4.25. The minimum absolute atomic E-state index is 0.157. The van der Waals surface area contributed by atoms with Gasteiger partial charge < -0.3 is 28.6 Å². The van der Waals surface area contributed by atoms with Gasteiger partial charge in [0.25, 0.3) is 10.0 Å². The minimum Gasteiger partial charge on any atom is -0.497 e. The van der Waals surface area contributed by atoms with Crippen molar-refractivity contribution in [2.45, 2.75) is 62.9 Å². The van der Waals surface area contributed by atoms with Crippen molar-refractivity contribution in [2.24, 2.45) is 0 Å². The van der Waals surface area contributed by atoms with Gasteiger partial charge in [-0.1, -0.05) is 12.1 Å². The van der Waals surface area contributed by atoms with Crippen LogP contribution in [0.4, 0.5) is 14.9 Å². The topological polar surface area (TPSA) is 143 Å². The lowest BCUT2D eigenvalue weighted by Gasteiger charge is -2.34.